The first-order chi connectivity index (χ1) is 7.63. The van der Waals surface area contributed by atoms with Gasteiger partial charge in [0.1, 0.15) is 0 Å². The third-order valence-electron chi connectivity index (χ3n) is 2.43. The normalized spacial score (nSPS) is 20.2. The summed E-state index contributed by atoms with van der Waals surface area (Å²) >= 11 is 5.79. The van der Waals surface area contributed by atoms with Crippen LogP contribution in [-0.4, -0.2) is 11.9 Å². The molecule has 0 fully saturated rings. The van der Waals surface area contributed by atoms with Gasteiger partial charge in [0.25, 0.3) is 0 Å². The van der Waals surface area contributed by atoms with Gasteiger partial charge in [-0.2, -0.15) is 4.39 Å². The number of halogens is 2. The van der Waals surface area contributed by atoms with E-state index >= 15 is 0 Å². The van der Waals surface area contributed by atoms with Crippen LogP contribution in [0.4, 0.5) is 4.39 Å². The highest BCUT2D eigenvalue weighted by molar-refractivity contribution is 6.30. The summed E-state index contributed by atoms with van der Waals surface area (Å²) in [5.41, 5.74) is 0.495. The van der Waals surface area contributed by atoms with Gasteiger partial charge in [0.05, 0.1) is 0 Å². The van der Waals surface area contributed by atoms with Crippen molar-refractivity contribution in [2.75, 3.05) is 0 Å². The standard InChI is InChI=1S/C12H10ClFO2/c1-2-9-11(15)10(14)12(16-9)7-4-3-5-8(13)6-7/h3-6,9H,2H2,1H3. The van der Waals surface area contributed by atoms with Gasteiger partial charge in [0, 0.05) is 10.6 Å². The molecular weight excluding hydrogens is 231 g/mol. The van der Waals surface area contributed by atoms with Crippen LogP contribution in [0.2, 0.25) is 5.02 Å². The zero-order chi connectivity index (χ0) is 11.7. The molecule has 1 aliphatic rings. The SMILES string of the molecule is CCC1OC(c2cccc(Cl)c2)=C(F)C1=O. The smallest absolute Gasteiger partial charge is 0.235 e. The van der Waals surface area contributed by atoms with Crippen molar-refractivity contribution >= 4 is 23.1 Å². The summed E-state index contributed by atoms with van der Waals surface area (Å²) in [7, 11) is 0. The molecule has 0 aromatic heterocycles. The van der Waals surface area contributed by atoms with E-state index in [1.54, 1.807) is 31.2 Å². The number of ketones is 1. The van der Waals surface area contributed by atoms with Crippen LogP contribution in [0.25, 0.3) is 5.76 Å². The molecule has 4 heteroatoms. The highest BCUT2D eigenvalue weighted by Crippen LogP contribution is 2.32. The first-order valence-electron chi connectivity index (χ1n) is 5.00. The van der Waals surface area contributed by atoms with E-state index in [9.17, 15) is 9.18 Å². The molecule has 0 N–H and O–H groups in total. The van der Waals surface area contributed by atoms with E-state index in [1.165, 1.54) is 0 Å². The molecule has 0 radical (unpaired) electrons. The molecule has 16 heavy (non-hydrogen) atoms. The molecule has 1 unspecified atom stereocenters. The lowest BCUT2D eigenvalue weighted by Crippen LogP contribution is -2.15. The Morgan fingerprint density at radius 3 is 2.81 bits per heavy atom. The van der Waals surface area contributed by atoms with Gasteiger partial charge in [-0.25, -0.2) is 0 Å². The number of carbonyl (C=O) groups excluding carboxylic acids is 1. The highest BCUT2D eigenvalue weighted by Gasteiger charge is 2.34. The van der Waals surface area contributed by atoms with Crippen LogP contribution in [0.3, 0.4) is 0 Å². The predicted molar refractivity (Wildman–Crippen MR) is 59.7 cm³/mol. The van der Waals surface area contributed by atoms with E-state index in [1.807, 2.05) is 0 Å². The first kappa shape index (κ1) is 11.1. The van der Waals surface area contributed by atoms with Crippen molar-refractivity contribution in [3.05, 3.63) is 40.7 Å². The van der Waals surface area contributed by atoms with Gasteiger partial charge in [-0.15, -0.1) is 0 Å². The summed E-state index contributed by atoms with van der Waals surface area (Å²) in [6.45, 7) is 1.77. The summed E-state index contributed by atoms with van der Waals surface area (Å²) in [5.74, 6) is -1.40. The van der Waals surface area contributed by atoms with E-state index < -0.39 is 17.7 Å². The second kappa shape index (κ2) is 4.26. The summed E-state index contributed by atoms with van der Waals surface area (Å²) < 4.78 is 18.9. The average Bonchev–Trinajstić information content (AvgIpc) is 2.56. The Morgan fingerprint density at radius 2 is 2.25 bits per heavy atom. The third kappa shape index (κ3) is 1.83. The molecule has 84 valence electrons. The largest absolute Gasteiger partial charge is 0.478 e. The molecule has 1 aliphatic heterocycles. The molecule has 0 amide bonds. The zero-order valence-corrected chi connectivity index (χ0v) is 9.42. The Hall–Kier alpha value is -1.35. The summed E-state index contributed by atoms with van der Waals surface area (Å²) in [5, 5.41) is 0.480. The molecule has 0 spiro atoms. The topological polar surface area (TPSA) is 26.3 Å². The fourth-order valence-corrected chi connectivity index (χ4v) is 1.78. The van der Waals surface area contributed by atoms with Crippen LogP contribution >= 0.6 is 11.6 Å². The van der Waals surface area contributed by atoms with Crippen molar-refractivity contribution in [2.24, 2.45) is 0 Å². The van der Waals surface area contributed by atoms with Crippen molar-refractivity contribution in [3.8, 4) is 0 Å². The van der Waals surface area contributed by atoms with Gasteiger partial charge >= 0.3 is 0 Å². The van der Waals surface area contributed by atoms with Gasteiger partial charge in [-0.1, -0.05) is 30.7 Å². The van der Waals surface area contributed by atoms with Crippen molar-refractivity contribution in [1.29, 1.82) is 0 Å². The van der Waals surface area contributed by atoms with Crippen LogP contribution in [0, 0.1) is 0 Å². The van der Waals surface area contributed by atoms with Crippen molar-refractivity contribution in [3.63, 3.8) is 0 Å². The maximum atomic E-state index is 13.6. The van der Waals surface area contributed by atoms with E-state index in [4.69, 9.17) is 16.3 Å². The summed E-state index contributed by atoms with van der Waals surface area (Å²) in [6.07, 6.45) is -0.245. The molecule has 0 saturated heterocycles. The quantitative estimate of drug-likeness (QED) is 0.792. The molecule has 1 heterocycles. The number of rotatable bonds is 2. The Labute approximate surface area is 97.7 Å². The molecule has 0 saturated carbocycles. The maximum Gasteiger partial charge on any atom is 0.235 e. The number of ether oxygens (including phenoxy) is 1. The van der Waals surface area contributed by atoms with Gasteiger partial charge in [0.15, 0.2) is 11.9 Å². The monoisotopic (exact) mass is 240 g/mol. The van der Waals surface area contributed by atoms with E-state index in [0.717, 1.165) is 0 Å². The minimum Gasteiger partial charge on any atom is -0.478 e. The zero-order valence-electron chi connectivity index (χ0n) is 8.67. The van der Waals surface area contributed by atoms with Crippen LogP contribution in [-0.2, 0) is 9.53 Å². The van der Waals surface area contributed by atoms with E-state index in [-0.39, 0.29) is 5.76 Å². The minimum absolute atomic E-state index is 0.000602. The molecule has 1 aromatic carbocycles. The van der Waals surface area contributed by atoms with Gasteiger partial charge in [0.2, 0.25) is 11.6 Å². The fourth-order valence-electron chi connectivity index (χ4n) is 1.59. The Morgan fingerprint density at radius 1 is 1.50 bits per heavy atom. The lowest BCUT2D eigenvalue weighted by Gasteiger charge is -2.08. The average molecular weight is 241 g/mol. The first-order valence-corrected chi connectivity index (χ1v) is 5.38. The Kier molecular flexibility index (Phi) is 2.97. The molecule has 1 atom stereocenters. The minimum atomic E-state index is -0.811. The van der Waals surface area contributed by atoms with Crippen molar-refractivity contribution in [1.82, 2.24) is 0 Å². The number of hydrogen-bond acceptors (Lipinski definition) is 2. The molecule has 2 nitrogen and oxygen atoms in total. The van der Waals surface area contributed by atoms with Gasteiger partial charge in [-0.05, 0) is 18.6 Å². The molecule has 0 bridgehead atoms. The van der Waals surface area contributed by atoms with Crippen LogP contribution < -0.4 is 0 Å². The summed E-state index contributed by atoms with van der Waals surface area (Å²) in [6, 6.07) is 6.59. The number of hydrogen-bond donors (Lipinski definition) is 0. The second-order valence-electron chi connectivity index (χ2n) is 3.53. The van der Waals surface area contributed by atoms with Gasteiger partial charge < -0.3 is 4.74 Å². The van der Waals surface area contributed by atoms with E-state index in [2.05, 4.69) is 0 Å². The van der Waals surface area contributed by atoms with Crippen LogP contribution in [0.15, 0.2) is 30.1 Å². The van der Waals surface area contributed by atoms with Crippen LogP contribution in [0.1, 0.15) is 18.9 Å². The third-order valence-corrected chi connectivity index (χ3v) is 2.66. The fraction of sp³-hybridized carbons (Fsp3) is 0.250. The second-order valence-corrected chi connectivity index (χ2v) is 3.97. The maximum absolute atomic E-state index is 13.6. The molecule has 0 aliphatic carbocycles. The number of Topliss-reactive ketones (excluding diaryl/α,β-unsaturated/α-hetero) is 1. The number of benzene rings is 1. The predicted octanol–water partition coefficient (Wildman–Crippen LogP) is 3.36. The highest BCUT2D eigenvalue weighted by atomic mass is 35.5. The Balaban J connectivity index is 2.39. The lowest BCUT2D eigenvalue weighted by atomic mass is 10.1. The lowest BCUT2D eigenvalue weighted by molar-refractivity contribution is -0.122. The summed E-state index contributed by atoms with van der Waals surface area (Å²) in [4.78, 5) is 11.4. The van der Waals surface area contributed by atoms with Crippen molar-refractivity contribution in [2.45, 2.75) is 19.4 Å². The molecular formula is C12H10ClFO2. The van der Waals surface area contributed by atoms with Crippen molar-refractivity contribution < 1.29 is 13.9 Å². The Bertz CT molecular complexity index is 468. The molecule has 2 rings (SSSR count). The van der Waals surface area contributed by atoms with E-state index in [0.29, 0.717) is 17.0 Å². The van der Waals surface area contributed by atoms with Gasteiger partial charge in [-0.3, -0.25) is 4.79 Å². The number of carbonyl (C=O) groups is 1. The molecule has 1 aromatic rings. The van der Waals surface area contributed by atoms with Crippen LogP contribution in [0.5, 0.6) is 0 Å².